The van der Waals surface area contributed by atoms with Crippen LogP contribution in [-0.4, -0.2) is 25.0 Å². The van der Waals surface area contributed by atoms with Gasteiger partial charge in [-0.3, -0.25) is 4.79 Å². The maximum atomic E-state index is 13.7. The van der Waals surface area contributed by atoms with Crippen LogP contribution in [0.15, 0.2) is 18.4 Å². The van der Waals surface area contributed by atoms with Gasteiger partial charge in [0.05, 0.1) is 18.8 Å². The summed E-state index contributed by atoms with van der Waals surface area (Å²) < 4.78 is 49.6. The zero-order valence-corrected chi connectivity index (χ0v) is 12.2. The molecule has 0 fully saturated rings. The highest BCUT2D eigenvalue weighted by atomic mass is 19.2. The van der Waals surface area contributed by atoms with Crippen LogP contribution in [0.2, 0.25) is 0 Å². The summed E-state index contributed by atoms with van der Waals surface area (Å²) in [5.41, 5.74) is -1.14. The molecule has 0 bridgehead atoms. The third-order valence-electron chi connectivity index (χ3n) is 2.78. The smallest absolute Gasteiger partial charge is 0.372 e. The zero-order chi connectivity index (χ0) is 16.9. The minimum absolute atomic E-state index is 0.138. The number of halogens is 3. The molecule has 0 aliphatic rings. The number of benzene rings is 1. The number of esters is 1. The third-order valence-corrected chi connectivity index (χ3v) is 2.78. The number of carbonyl (C=O) groups excluding carboxylic acids is 2. The molecule has 7 heteroatoms. The lowest BCUT2D eigenvalue weighted by molar-refractivity contribution is -0.142. The van der Waals surface area contributed by atoms with Gasteiger partial charge in [-0.05, 0) is 26.5 Å². The van der Waals surface area contributed by atoms with Crippen molar-refractivity contribution in [2.24, 2.45) is 0 Å². The summed E-state index contributed by atoms with van der Waals surface area (Å²) in [4.78, 5) is 23.0. The number of Topliss-reactive ketones (excluding diaryl/α,β-unsaturated/α-hetero) is 1. The first-order valence-electron chi connectivity index (χ1n) is 6.45. The molecule has 0 radical (unpaired) electrons. The van der Waals surface area contributed by atoms with E-state index in [1.165, 1.54) is 0 Å². The molecule has 0 aliphatic carbocycles. The van der Waals surface area contributed by atoms with Crippen LogP contribution in [0.3, 0.4) is 0 Å². The van der Waals surface area contributed by atoms with Crippen molar-refractivity contribution in [1.82, 2.24) is 0 Å². The van der Waals surface area contributed by atoms with Gasteiger partial charge < -0.3 is 9.47 Å². The van der Waals surface area contributed by atoms with Gasteiger partial charge in [-0.15, -0.1) is 0 Å². The summed E-state index contributed by atoms with van der Waals surface area (Å²) in [7, 11) is 0. The van der Waals surface area contributed by atoms with Crippen LogP contribution >= 0.6 is 0 Å². The van der Waals surface area contributed by atoms with Crippen LogP contribution < -0.4 is 0 Å². The highest BCUT2D eigenvalue weighted by molar-refractivity contribution is 5.96. The van der Waals surface area contributed by atoms with E-state index in [9.17, 15) is 22.8 Å². The van der Waals surface area contributed by atoms with Crippen LogP contribution in [0.5, 0.6) is 0 Å². The van der Waals surface area contributed by atoms with Gasteiger partial charge in [-0.1, -0.05) is 0 Å². The Balaban J connectivity index is 2.68. The van der Waals surface area contributed by atoms with Gasteiger partial charge in [0.15, 0.2) is 23.2 Å². The molecule has 0 amide bonds. The van der Waals surface area contributed by atoms with E-state index in [2.05, 4.69) is 11.3 Å². The fourth-order valence-electron chi connectivity index (χ4n) is 1.61. The van der Waals surface area contributed by atoms with Gasteiger partial charge >= 0.3 is 5.97 Å². The number of rotatable bonds is 7. The minimum atomic E-state index is -1.33. The molecule has 0 atom stereocenters. The number of hydrogen-bond donors (Lipinski definition) is 0. The topological polar surface area (TPSA) is 52.6 Å². The predicted octanol–water partition coefficient (Wildman–Crippen LogP) is 3.08. The van der Waals surface area contributed by atoms with E-state index in [1.807, 2.05) is 0 Å². The number of carbonyl (C=O) groups is 2. The van der Waals surface area contributed by atoms with Gasteiger partial charge in [-0.2, -0.15) is 0 Å². The molecule has 120 valence electrons. The number of ketones is 1. The van der Waals surface area contributed by atoms with Crippen molar-refractivity contribution < 1.29 is 32.2 Å². The van der Waals surface area contributed by atoms with Crippen molar-refractivity contribution in [2.75, 3.05) is 13.2 Å². The lowest BCUT2D eigenvalue weighted by Crippen LogP contribution is -2.13. The summed E-state index contributed by atoms with van der Waals surface area (Å²) in [6, 6.07) is 0.500. The lowest BCUT2D eigenvalue weighted by Gasteiger charge is -2.09. The minimum Gasteiger partial charge on any atom is -0.486 e. The highest BCUT2D eigenvalue weighted by Gasteiger charge is 2.20. The molecule has 1 aromatic rings. The summed E-state index contributed by atoms with van der Waals surface area (Å²) in [5, 5.41) is 0. The van der Waals surface area contributed by atoms with E-state index < -0.39 is 40.3 Å². The predicted molar refractivity (Wildman–Crippen MR) is 71.7 cm³/mol. The Morgan fingerprint density at radius 1 is 1.18 bits per heavy atom. The molecular weight excluding hydrogens is 301 g/mol. The molecule has 0 aromatic heterocycles. The van der Waals surface area contributed by atoms with Gasteiger partial charge in [0, 0.05) is 12.0 Å². The average molecular weight is 316 g/mol. The summed E-state index contributed by atoms with van der Waals surface area (Å²) in [6.07, 6.45) is -0.333. The molecule has 22 heavy (non-hydrogen) atoms. The Bertz CT molecular complexity index is 611. The van der Waals surface area contributed by atoms with Crippen molar-refractivity contribution >= 4 is 11.8 Å². The number of hydrogen-bond acceptors (Lipinski definition) is 4. The van der Waals surface area contributed by atoms with Gasteiger partial charge in [-0.25, -0.2) is 18.0 Å². The molecule has 0 spiro atoms. The molecular formula is C15H15F3O4. The van der Waals surface area contributed by atoms with E-state index in [0.29, 0.717) is 6.07 Å². The maximum absolute atomic E-state index is 13.7. The molecule has 0 heterocycles. The van der Waals surface area contributed by atoms with E-state index >= 15 is 0 Å². The van der Waals surface area contributed by atoms with Crippen LogP contribution in [-0.2, 0) is 14.3 Å². The molecule has 1 aromatic carbocycles. The Morgan fingerprint density at radius 2 is 1.82 bits per heavy atom. The Kier molecular flexibility index (Phi) is 6.15. The van der Waals surface area contributed by atoms with E-state index in [0.717, 1.165) is 6.92 Å². The van der Waals surface area contributed by atoms with Crippen LogP contribution in [0.1, 0.15) is 29.3 Å². The Morgan fingerprint density at radius 3 is 2.41 bits per heavy atom. The molecule has 0 aliphatic heterocycles. The van der Waals surface area contributed by atoms with E-state index in [4.69, 9.17) is 4.74 Å². The van der Waals surface area contributed by atoms with Crippen LogP contribution in [0.25, 0.3) is 0 Å². The second-order valence-corrected chi connectivity index (χ2v) is 4.32. The third kappa shape index (κ3) is 4.09. The molecule has 0 unspecified atom stereocenters. The van der Waals surface area contributed by atoms with Crippen molar-refractivity contribution in [3.05, 3.63) is 47.0 Å². The summed E-state index contributed by atoms with van der Waals surface area (Å²) in [6.45, 7) is 5.81. The monoisotopic (exact) mass is 316 g/mol. The first-order chi connectivity index (χ1) is 10.3. The average Bonchev–Trinajstić information content (AvgIpc) is 2.48. The fraction of sp³-hybridized carbons (Fsp3) is 0.333. The van der Waals surface area contributed by atoms with Gasteiger partial charge in [0.25, 0.3) is 0 Å². The van der Waals surface area contributed by atoms with Crippen molar-refractivity contribution in [3.63, 3.8) is 0 Å². The zero-order valence-electron chi connectivity index (χ0n) is 12.2. The molecule has 0 N–H and O–H groups in total. The fourth-order valence-corrected chi connectivity index (χ4v) is 1.61. The molecule has 0 saturated heterocycles. The highest BCUT2D eigenvalue weighted by Crippen LogP contribution is 2.20. The Labute approximate surface area is 125 Å². The van der Waals surface area contributed by atoms with E-state index in [-0.39, 0.29) is 25.4 Å². The largest absolute Gasteiger partial charge is 0.486 e. The normalized spacial score (nSPS) is 10.2. The standard InChI is InChI=1S/C15H15F3O4/c1-4-21-15(20)9(3)22-6-5-12(19)10-7-11(16)14(18)8(2)13(10)17/h7H,3-6H2,1-2H3. The van der Waals surface area contributed by atoms with E-state index in [1.54, 1.807) is 6.92 Å². The molecule has 4 nitrogen and oxygen atoms in total. The summed E-state index contributed by atoms with van der Waals surface area (Å²) >= 11 is 0. The summed E-state index contributed by atoms with van der Waals surface area (Å²) in [5.74, 6) is -5.61. The quantitative estimate of drug-likeness (QED) is 0.255. The number of ether oxygens (including phenoxy) is 2. The van der Waals surface area contributed by atoms with Crippen molar-refractivity contribution in [1.29, 1.82) is 0 Å². The van der Waals surface area contributed by atoms with Gasteiger partial charge in [0.1, 0.15) is 5.82 Å². The SMILES string of the molecule is C=C(OCCC(=O)c1cc(F)c(F)c(C)c1F)C(=O)OCC. The molecule has 1 rings (SSSR count). The van der Waals surface area contributed by atoms with Gasteiger partial charge in [0.2, 0.25) is 0 Å². The Hall–Kier alpha value is -2.31. The first kappa shape index (κ1) is 17.7. The lowest BCUT2D eigenvalue weighted by atomic mass is 10.0. The first-order valence-corrected chi connectivity index (χ1v) is 6.45. The van der Waals surface area contributed by atoms with Crippen LogP contribution in [0.4, 0.5) is 13.2 Å². The molecule has 0 saturated carbocycles. The van der Waals surface area contributed by atoms with Crippen molar-refractivity contribution in [2.45, 2.75) is 20.3 Å². The van der Waals surface area contributed by atoms with Crippen molar-refractivity contribution in [3.8, 4) is 0 Å². The second-order valence-electron chi connectivity index (χ2n) is 4.32. The maximum Gasteiger partial charge on any atom is 0.372 e. The second kappa shape index (κ2) is 7.63. The van der Waals surface area contributed by atoms with Crippen LogP contribution in [0, 0.1) is 24.4 Å².